The molecule has 5 aromatic carbocycles. The van der Waals surface area contributed by atoms with Crippen molar-refractivity contribution < 1.29 is 19.1 Å². The Labute approximate surface area is 222 Å². The highest BCUT2D eigenvalue weighted by Crippen LogP contribution is 2.29. The van der Waals surface area contributed by atoms with Crippen molar-refractivity contribution in [2.75, 3.05) is 0 Å². The van der Waals surface area contributed by atoms with Crippen LogP contribution in [0.1, 0.15) is 31.8 Å². The lowest BCUT2D eigenvalue weighted by atomic mass is 9.91. The molecule has 0 saturated carbocycles. The van der Waals surface area contributed by atoms with E-state index in [4.69, 9.17) is 9.47 Å². The number of carbonyl (C=O) groups excluding carboxylic acids is 2. The molecule has 0 aliphatic carbocycles. The predicted octanol–water partition coefficient (Wildman–Crippen LogP) is 7.93. The average Bonchev–Trinajstić information content (AvgIpc) is 2.98. The summed E-state index contributed by atoms with van der Waals surface area (Å²) in [6, 6.07) is 41.2. The maximum Gasteiger partial charge on any atom is 0.339 e. The van der Waals surface area contributed by atoms with Gasteiger partial charge in [-0.3, -0.25) is 4.79 Å². The topological polar surface area (TPSA) is 52.6 Å². The van der Waals surface area contributed by atoms with E-state index in [0.717, 1.165) is 16.9 Å². The first kappa shape index (κ1) is 24.7. The van der Waals surface area contributed by atoms with Crippen molar-refractivity contribution in [3.63, 3.8) is 0 Å². The van der Waals surface area contributed by atoms with Gasteiger partial charge in [-0.05, 0) is 52.6 Å². The first-order chi connectivity index (χ1) is 18.7. The van der Waals surface area contributed by atoms with Crippen LogP contribution in [-0.4, -0.2) is 11.8 Å². The molecule has 0 amide bonds. The third-order valence-electron chi connectivity index (χ3n) is 6.14. The molecule has 0 aliphatic heterocycles. The van der Waals surface area contributed by atoms with E-state index in [9.17, 15) is 9.59 Å². The minimum absolute atomic E-state index is 0.0372. The first-order valence-corrected chi connectivity index (χ1v) is 12.4. The van der Waals surface area contributed by atoms with Crippen molar-refractivity contribution in [2.45, 2.75) is 13.0 Å². The van der Waals surface area contributed by atoms with Gasteiger partial charge in [-0.2, -0.15) is 0 Å². The molecule has 0 aliphatic rings. The molecule has 0 aromatic heterocycles. The molecule has 38 heavy (non-hydrogen) atoms. The normalized spacial score (nSPS) is 10.5. The van der Waals surface area contributed by atoms with Crippen molar-refractivity contribution in [1.29, 1.82) is 0 Å². The Kier molecular flexibility index (Phi) is 7.71. The lowest BCUT2D eigenvalue weighted by molar-refractivity contribution is 0.0473. The number of carbonyl (C=O) groups is 2. The smallest absolute Gasteiger partial charge is 0.339 e. The molecule has 0 saturated heterocycles. The Morgan fingerprint density at radius 2 is 1.03 bits per heavy atom. The number of ketones is 1. The van der Waals surface area contributed by atoms with Gasteiger partial charge >= 0.3 is 5.97 Å². The second kappa shape index (κ2) is 11.8. The molecule has 5 rings (SSSR count). The number of Topliss-reactive ketones (excluding diaryl/α,β-unsaturated/α-hetero) is 1. The van der Waals surface area contributed by atoms with E-state index in [0.29, 0.717) is 28.0 Å². The van der Waals surface area contributed by atoms with Gasteiger partial charge in [0.1, 0.15) is 18.1 Å². The van der Waals surface area contributed by atoms with Crippen molar-refractivity contribution in [3.8, 4) is 22.6 Å². The van der Waals surface area contributed by atoms with Crippen LogP contribution in [0.2, 0.25) is 0 Å². The summed E-state index contributed by atoms with van der Waals surface area (Å²) < 4.78 is 11.4. The summed E-state index contributed by atoms with van der Waals surface area (Å²) in [5, 5.41) is 0. The lowest BCUT2D eigenvalue weighted by Crippen LogP contribution is -2.09. The molecule has 4 nitrogen and oxygen atoms in total. The zero-order valence-corrected chi connectivity index (χ0v) is 20.7. The highest BCUT2D eigenvalue weighted by atomic mass is 16.5. The summed E-state index contributed by atoms with van der Waals surface area (Å²) in [5.74, 6) is 0.993. The summed E-state index contributed by atoms with van der Waals surface area (Å²) in [6.07, 6.45) is 0.225. The van der Waals surface area contributed by atoms with Crippen LogP contribution in [0.15, 0.2) is 133 Å². The third-order valence-corrected chi connectivity index (χ3v) is 6.14. The Balaban J connectivity index is 1.33. The first-order valence-electron chi connectivity index (χ1n) is 12.4. The Morgan fingerprint density at radius 3 is 1.71 bits per heavy atom. The van der Waals surface area contributed by atoms with Gasteiger partial charge < -0.3 is 9.47 Å². The molecule has 5 aromatic rings. The SMILES string of the molecule is O=C(Cc1ccc(Oc2ccccc2)cc1)c1ccccc1-c1ccccc1C(=O)OCc1ccccc1. The Hall–Kier alpha value is -4.96. The fourth-order valence-electron chi connectivity index (χ4n) is 4.24. The molecule has 186 valence electrons. The maximum absolute atomic E-state index is 13.4. The van der Waals surface area contributed by atoms with Crippen LogP contribution in [0.4, 0.5) is 0 Å². The molecular weight excluding hydrogens is 472 g/mol. The van der Waals surface area contributed by atoms with Gasteiger partial charge in [0.05, 0.1) is 5.56 Å². The molecule has 0 bridgehead atoms. The second-order valence-electron chi connectivity index (χ2n) is 8.81. The lowest BCUT2D eigenvalue weighted by Gasteiger charge is -2.13. The molecule has 0 spiro atoms. The molecule has 4 heteroatoms. The van der Waals surface area contributed by atoms with E-state index >= 15 is 0 Å². The summed E-state index contributed by atoms with van der Waals surface area (Å²) in [5.41, 5.74) is 4.14. The van der Waals surface area contributed by atoms with E-state index in [1.54, 1.807) is 18.2 Å². The molecule has 0 unspecified atom stereocenters. The average molecular weight is 499 g/mol. The number of hydrogen-bond donors (Lipinski definition) is 0. The number of para-hydroxylation sites is 1. The number of ether oxygens (including phenoxy) is 2. The van der Waals surface area contributed by atoms with Crippen LogP contribution in [0.5, 0.6) is 11.5 Å². The molecule has 0 radical (unpaired) electrons. The molecule has 0 heterocycles. The van der Waals surface area contributed by atoms with Gasteiger partial charge in [-0.25, -0.2) is 4.79 Å². The van der Waals surface area contributed by atoms with Gasteiger partial charge in [0.2, 0.25) is 0 Å². The van der Waals surface area contributed by atoms with Gasteiger partial charge in [0.15, 0.2) is 5.78 Å². The summed E-state index contributed by atoms with van der Waals surface area (Å²) in [6.45, 7) is 0.179. The van der Waals surface area contributed by atoms with E-state index in [1.807, 2.05) is 115 Å². The second-order valence-corrected chi connectivity index (χ2v) is 8.81. The van der Waals surface area contributed by atoms with Gasteiger partial charge in [-0.15, -0.1) is 0 Å². The fraction of sp³-hybridized carbons (Fsp3) is 0.0588. The van der Waals surface area contributed by atoms with Gasteiger partial charge in [0.25, 0.3) is 0 Å². The quantitative estimate of drug-likeness (QED) is 0.153. The largest absolute Gasteiger partial charge is 0.457 e. The van der Waals surface area contributed by atoms with Gasteiger partial charge in [-0.1, -0.05) is 103 Å². The number of rotatable bonds is 9. The van der Waals surface area contributed by atoms with E-state index in [-0.39, 0.29) is 18.8 Å². The van der Waals surface area contributed by atoms with E-state index in [2.05, 4.69) is 0 Å². The fourth-order valence-corrected chi connectivity index (χ4v) is 4.24. The van der Waals surface area contributed by atoms with Crippen LogP contribution in [0.3, 0.4) is 0 Å². The van der Waals surface area contributed by atoms with Crippen molar-refractivity contribution in [2.24, 2.45) is 0 Å². The summed E-state index contributed by atoms with van der Waals surface area (Å²) in [4.78, 5) is 26.5. The number of esters is 1. The third kappa shape index (κ3) is 6.05. The molecule has 0 atom stereocenters. The van der Waals surface area contributed by atoms with Crippen LogP contribution >= 0.6 is 0 Å². The monoisotopic (exact) mass is 498 g/mol. The summed E-state index contributed by atoms with van der Waals surface area (Å²) >= 11 is 0. The Bertz CT molecular complexity index is 1520. The maximum atomic E-state index is 13.4. The van der Waals surface area contributed by atoms with Crippen molar-refractivity contribution in [3.05, 3.63) is 156 Å². The molecular formula is C34H26O4. The zero-order valence-electron chi connectivity index (χ0n) is 20.7. The van der Waals surface area contributed by atoms with Gasteiger partial charge in [0, 0.05) is 12.0 Å². The molecule has 0 N–H and O–H groups in total. The van der Waals surface area contributed by atoms with Crippen molar-refractivity contribution >= 4 is 11.8 Å². The van der Waals surface area contributed by atoms with E-state index in [1.165, 1.54) is 0 Å². The minimum Gasteiger partial charge on any atom is -0.457 e. The summed E-state index contributed by atoms with van der Waals surface area (Å²) in [7, 11) is 0. The van der Waals surface area contributed by atoms with Crippen LogP contribution < -0.4 is 4.74 Å². The predicted molar refractivity (Wildman–Crippen MR) is 148 cm³/mol. The highest BCUT2D eigenvalue weighted by molar-refractivity contribution is 6.06. The Morgan fingerprint density at radius 1 is 0.500 bits per heavy atom. The molecule has 0 fully saturated rings. The number of benzene rings is 5. The van der Waals surface area contributed by atoms with Crippen LogP contribution in [0.25, 0.3) is 11.1 Å². The van der Waals surface area contributed by atoms with E-state index < -0.39 is 5.97 Å². The standard InChI is InChI=1S/C34H26O4/c35-33(23-25-19-21-28(22-20-25)38-27-13-5-2-6-14-27)31-17-9-7-15-29(31)30-16-8-10-18-32(30)34(36)37-24-26-11-3-1-4-12-26/h1-22H,23-24H2. The van der Waals surface area contributed by atoms with Crippen LogP contribution in [0, 0.1) is 0 Å². The highest BCUT2D eigenvalue weighted by Gasteiger charge is 2.19. The van der Waals surface area contributed by atoms with Crippen molar-refractivity contribution in [1.82, 2.24) is 0 Å². The minimum atomic E-state index is -0.430. The van der Waals surface area contributed by atoms with Crippen LogP contribution in [-0.2, 0) is 17.8 Å². The number of hydrogen-bond acceptors (Lipinski definition) is 4. The zero-order chi connectivity index (χ0) is 26.2.